The van der Waals surface area contributed by atoms with Gasteiger partial charge >= 0.3 is 5.97 Å². The number of benzene rings is 2. The number of pyridine rings is 1. The lowest BCUT2D eigenvalue weighted by Crippen LogP contribution is -2.25. The number of nitrogens with zero attached hydrogens (tertiary/aromatic N) is 7. The number of halogens is 2. The van der Waals surface area contributed by atoms with Crippen molar-refractivity contribution in [2.24, 2.45) is 0 Å². The summed E-state index contributed by atoms with van der Waals surface area (Å²) in [5.74, 6) is -0.624. The van der Waals surface area contributed by atoms with Crippen LogP contribution in [0.3, 0.4) is 0 Å². The first-order chi connectivity index (χ1) is 18.8. The highest BCUT2D eigenvalue weighted by molar-refractivity contribution is 6.31. The van der Waals surface area contributed by atoms with Crippen LogP contribution in [-0.4, -0.2) is 52.7 Å². The molecule has 1 atom stereocenters. The number of ether oxygens (including phenoxy) is 1. The molecule has 1 N–H and O–H groups in total. The second-order valence-electron chi connectivity index (χ2n) is 8.52. The molecular formula is C26H21Cl2N7O4. The van der Waals surface area contributed by atoms with Crippen molar-refractivity contribution < 1.29 is 14.6 Å². The summed E-state index contributed by atoms with van der Waals surface area (Å²) in [6.07, 6.45) is 5.36. The van der Waals surface area contributed by atoms with E-state index in [-0.39, 0.29) is 16.3 Å². The molecule has 3 heterocycles. The Labute approximate surface area is 231 Å². The van der Waals surface area contributed by atoms with Crippen molar-refractivity contribution in [3.63, 3.8) is 0 Å². The zero-order valence-corrected chi connectivity index (χ0v) is 22.2. The van der Waals surface area contributed by atoms with Gasteiger partial charge in [-0.15, -0.1) is 10.2 Å². The van der Waals surface area contributed by atoms with E-state index in [9.17, 15) is 14.7 Å². The molecule has 0 saturated carbocycles. The first-order valence-corrected chi connectivity index (χ1v) is 12.5. The Morgan fingerprint density at radius 2 is 1.79 bits per heavy atom. The number of methoxy groups -OCH3 is 1. The van der Waals surface area contributed by atoms with Crippen molar-refractivity contribution in [1.82, 2.24) is 34.6 Å². The second kappa shape index (κ2) is 10.7. The molecule has 198 valence electrons. The van der Waals surface area contributed by atoms with Crippen LogP contribution in [0.25, 0.3) is 22.5 Å². The first kappa shape index (κ1) is 26.1. The van der Waals surface area contributed by atoms with E-state index in [1.807, 2.05) is 6.92 Å². The van der Waals surface area contributed by atoms with Crippen LogP contribution in [0.1, 0.15) is 35.4 Å². The fourth-order valence-electron chi connectivity index (χ4n) is 4.32. The predicted octanol–water partition coefficient (Wildman–Crippen LogP) is 4.69. The van der Waals surface area contributed by atoms with Crippen molar-refractivity contribution in [1.29, 1.82) is 0 Å². The zero-order valence-electron chi connectivity index (χ0n) is 20.7. The maximum Gasteiger partial charge on any atom is 0.335 e. The van der Waals surface area contributed by atoms with E-state index in [1.165, 1.54) is 39.2 Å². The molecule has 0 amide bonds. The third-order valence-electron chi connectivity index (χ3n) is 6.16. The van der Waals surface area contributed by atoms with Gasteiger partial charge in [0.05, 0.1) is 48.7 Å². The number of aromatic carboxylic acids is 1. The van der Waals surface area contributed by atoms with Crippen LogP contribution in [0.2, 0.25) is 10.2 Å². The summed E-state index contributed by atoms with van der Waals surface area (Å²) in [7, 11) is 1.51. The predicted molar refractivity (Wildman–Crippen MR) is 144 cm³/mol. The van der Waals surface area contributed by atoms with Gasteiger partial charge in [-0.25, -0.2) is 14.2 Å². The smallest absolute Gasteiger partial charge is 0.335 e. The minimum Gasteiger partial charge on any atom is -0.495 e. The van der Waals surface area contributed by atoms with E-state index in [4.69, 9.17) is 27.9 Å². The summed E-state index contributed by atoms with van der Waals surface area (Å²) in [6, 6.07) is 12.5. The van der Waals surface area contributed by atoms with E-state index in [0.29, 0.717) is 45.4 Å². The van der Waals surface area contributed by atoms with Crippen molar-refractivity contribution in [2.75, 3.05) is 7.11 Å². The molecule has 5 aromatic rings. The van der Waals surface area contributed by atoms with E-state index >= 15 is 0 Å². The maximum absolute atomic E-state index is 13.5. The van der Waals surface area contributed by atoms with Crippen LogP contribution in [0, 0.1) is 0 Å². The van der Waals surface area contributed by atoms with Crippen LogP contribution in [0.15, 0.2) is 71.9 Å². The standard InChI is InChI=1S/C26H21Cl2N7O4/c1-3-21(20-12-34(31-29-20)17-6-4-5-15(9-17)26(37)38)33-13-23(39-2)19(11-25(33)36)18-10-16(27)7-8-22(18)35-14-24(28)30-32-35/h4-14,21H,3H2,1-2H3,(H,37,38). The van der Waals surface area contributed by atoms with Gasteiger partial charge in [-0.2, -0.15) is 0 Å². The van der Waals surface area contributed by atoms with Gasteiger partial charge < -0.3 is 14.4 Å². The average Bonchev–Trinajstić information content (AvgIpc) is 3.59. The fraction of sp³-hybridized carbons (Fsp3) is 0.154. The summed E-state index contributed by atoms with van der Waals surface area (Å²) in [4.78, 5) is 24.8. The van der Waals surface area contributed by atoms with Gasteiger partial charge in [-0.1, -0.05) is 46.6 Å². The quantitative estimate of drug-likeness (QED) is 0.286. The Morgan fingerprint density at radius 3 is 2.49 bits per heavy atom. The molecule has 0 fully saturated rings. The van der Waals surface area contributed by atoms with Gasteiger partial charge in [0.25, 0.3) is 5.56 Å². The van der Waals surface area contributed by atoms with Crippen LogP contribution >= 0.6 is 23.2 Å². The molecule has 0 radical (unpaired) electrons. The fourth-order valence-corrected chi connectivity index (χ4v) is 4.61. The van der Waals surface area contributed by atoms with Crippen LogP contribution in [-0.2, 0) is 0 Å². The molecule has 39 heavy (non-hydrogen) atoms. The van der Waals surface area contributed by atoms with Gasteiger partial charge in [0.2, 0.25) is 0 Å². The monoisotopic (exact) mass is 565 g/mol. The van der Waals surface area contributed by atoms with E-state index in [2.05, 4.69) is 20.6 Å². The highest BCUT2D eigenvalue weighted by Crippen LogP contribution is 2.36. The van der Waals surface area contributed by atoms with Gasteiger partial charge in [-0.3, -0.25) is 4.79 Å². The molecule has 3 aromatic heterocycles. The summed E-state index contributed by atoms with van der Waals surface area (Å²) in [6.45, 7) is 1.92. The molecule has 11 nitrogen and oxygen atoms in total. The topological polar surface area (TPSA) is 130 Å². The van der Waals surface area contributed by atoms with E-state index in [0.717, 1.165) is 0 Å². The summed E-state index contributed by atoms with van der Waals surface area (Å²) >= 11 is 12.3. The Hall–Kier alpha value is -4.48. The Kier molecular flexibility index (Phi) is 7.18. The molecule has 0 bridgehead atoms. The highest BCUT2D eigenvalue weighted by atomic mass is 35.5. The van der Waals surface area contributed by atoms with Crippen LogP contribution in [0.4, 0.5) is 0 Å². The number of carboxylic acid groups (broad SMARTS) is 1. The maximum atomic E-state index is 13.5. The van der Waals surface area contributed by atoms with Gasteiger partial charge in [0.1, 0.15) is 11.4 Å². The summed E-state index contributed by atoms with van der Waals surface area (Å²) in [5.41, 5.74) is 2.59. The minimum absolute atomic E-state index is 0.127. The van der Waals surface area contributed by atoms with Gasteiger partial charge in [-0.05, 0) is 42.8 Å². The Bertz CT molecular complexity index is 1740. The highest BCUT2D eigenvalue weighted by Gasteiger charge is 2.22. The molecule has 0 aliphatic rings. The molecule has 0 aliphatic heterocycles. The number of carboxylic acids is 1. The van der Waals surface area contributed by atoms with E-state index < -0.39 is 12.0 Å². The molecule has 5 rings (SSSR count). The van der Waals surface area contributed by atoms with Crippen molar-refractivity contribution >= 4 is 29.2 Å². The third-order valence-corrected chi connectivity index (χ3v) is 6.57. The molecule has 0 spiro atoms. The van der Waals surface area contributed by atoms with E-state index in [1.54, 1.807) is 48.9 Å². The first-order valence-electron chi connectivity index (χ1n) is 11.7. The molecule has 0 saturated heterocycles. The summed E-state index contributed by atoms with van der Waals surface area (Å²) in [5, 5.41) is 26.3. The number of hydrogen-bond donors (Lipinski definition) is 1. The largest absolute Gasteiger partial charge is 0.495 e. The molecular weight excluding hydrogens is 545 g/mol. The van der Waals surface area contributed by atoms with Crippen molar-refractivity contribution in [2.45, 2.75) is 19.4 Å². The van der Waals surface area contributed by atoms with Gasteiger partial charge in [0, 0.05) is 22.2 Å². The molecule has 0 aliphatic carbocycles. The summed E-state index contributed by atoms with van der Waals surface area (Å²) < 4.78 is 10.2. The Morgan fingerprint density at radius 1 is 1.00 bits per heavy atom. The normalized spacial score (nSPS) is 11.9. The number of hydrogen-bond acceptors (Lipinski definition) is 7. The van der Waals surface area contributed by atoms with Crippen LogP contribution in [0.5, 0.6) is 5.75 Å². The third kappa shape index (κ3) is 5.14. The van der Waals surface area contributed by atoms with Crippen molar-refractivity contribution in [3.8, 4) is 28.3 Å². The lowest BCUT2D eigenvalue weighted by Gasteiger charge is -2.19. The average molecular weight is 566 g/mol. The Balaban J connectivity index is 1.57. The molecule has 1 unspecified atom stereocenters. The second-order valence-corrected chi connectivity index (χ2v) is 9.34. The lowest BCUT2D eigenvalue weighted by molar-refractivity contribution is 0.0697. The zero-order chi connectivity index (χ0) is 27.7. The molecule has 2 aromatic carbocycles. The minimum atomic E-state index is -1.04. The van der Waals surface area contributed by atoms with Crippen LogP contribution < -0.4 is 10.3 Å². The number of carbonyl (C=O) groups is 1. The molecule has 13 heteroatoms. The SMILES string of the molecule is CCC(c1cn(-c2cccc(C(=O)O)c2)nn1)n1cc(OC)c(-c2cc(Cl)ccc2-n2cc(Cl)nn2)cc1=O. The number of aromatic nitrogens is 7. The number of rotatable bonds is 8. The lowest BCUT2D eigenvalue weighted by atomic mass is 10.0. The van der Waals surface area contributed by atoms with Gasteiger partial charge in [0.15, 0.2) is 5.15 Å². The van der Waals surface area contributed by atoms with Crippen molar-refractivity contribution in [3.05, 3.63) is 98.9 Å².